The van der Waals surface area contributed by atoms with Gasteiger partial charge in [-0.05, 0) is 25.7 Å². The quantitative estimate of drug-likeness (QED) is 0.740. The van der Waals surface area contributed by atoms with Gasteiger partial charge in [-0.2, -0.15) is 11.8 Å². The summed E-state index contributed by atoms with van der Waals surface area (Å²) in [5.41, 5.74) is 0. The van der Waals surface area contributed by atoms with E-state index < -0.39 is 0 Å². The van der Waals surface area contributed by atoms with Crippen LogP contribution in [0.4, 0.5) is 0 Å². The number of ketones is 1. The molecule has 0 aromatic rings. The fraction of sp³-hybridized carbons (Fsp3) is 0.917. The minimum Gasteiger partial charge on any atom is -0.381 e. The lowest BCUT2D eigenvalue weighted by atomic mass is 9.96. The summed E-state index contributed by atoms with van der Waals surface area (Å²) in [7, 11) is 0. The molecule has 0 N–H and O–H groups in total. The van der Waals surface area contributed by atoms with Crippen molar-refractivity contribution in [2.45, 2.75) is 43.8 Å². The van der Waals surface area contributed by atoms with E-state index in [1.807, 2.05) is 11.8 Å². The molecule has 0 aromatic heterocycles. The number of carbonyl (C=O) groups is 1. The van der Waals surface area contributed by atoms with Crippen LogP contribution in [0.2, 0.25) is 0 Å². The molecule has 1 saturated heterocycles. The maximum atomic E-state index is 11.9. The molecule has 2 fully saturated rings. The Morgan fingerprint density at radius 2 is 1.80 bits per heavy atom. The number of ether oxygens (including phenoxy) is 1. The lowest BCUT2D eigenvalue weighted by Gasteiger charge is -2.21. The number of Topliss-reactive ketones (excluding diaryl/α,β-unsaturated/α-hetero) is 1. The first-order valence-electron chi connectivity index (χ1n) is 6.08. The third-order valence-corrected chi connectivity index (χ3v) is 4.83. The Bertz CT molecular complexity index is 206. The molecule has 1 aliphatic carbocycles. The standard InChI is InChI=1S/C12H20O2S/c13-12(10-5-7-14-8-6-10)9-15-11-3-1-2-4-11/h10-11H,1-9H2. The van der Waals surface area contributed by atoms with Crippen LogP contribution in [0.25, 0.3) is 0 Å². The lowest BCUT2D eigenvalue weighted by Crippen LogP contribution is -2.25. The van der Waals surface area contributed by atoms with Crippen LogP contribution in [-0.4, -0.2) is 30.0 Å². The zero-order valence-electron chi connectivity index (χ0n) is 9.24. The van der Waals surface area contributed by atoms with Gasteiger partial charge in [-0.15, -0.1) is 0 Å². The second kappa shape index (κ2) is 5.90. The summed E-state index contributed by atoms with van der Waals surface area (Å²) < 4.78 is 5.27. The number of hydrogen-bond donors (Lipinski definition) is 0. The maximum absolute atomic E-state index is 11.9. The van der Waals surface area contributed by atoms with Crippen molar-refractivity contribution in [2.75, 3.05) is 19.0 Å². The van der Waals surface area contributed by atoms with Gasteiger partial charge in [0, 0.05) is 24.4 Å². The van der Waals surface area contributed by atoms with Crippen LogP contribution in [0.1, 0.15) is 38.5 Å². The molecule has 1 saturated carbocycles. The summed E-state index contributed by atoms with van der Waals surface area (Å²) >= 11 is 1.90. The molecule has 15 heavy (non-hydrogen) atoms. The molecule has 0 spiro atoms. The molecule has 0 unspecified atom stereocenters. The van der Waals surface area contributed by atoms with Gasteiger partial charge in [-0.25, -0.2) is 0 Å². The van der Waals surface area contributed by atoms with Crippen molar-refractivity contribution in [3.8, 4) is 0 Å². The molecule has 3 heteroatoms. The van der Waals surface area contributed by atoms with E-state index in [4.69, 9.17) is 4.74 Å². The molecular formula is C12H20O2S. The summed E-state index contributed by atoms with van der Waals surface area (Å²) in [6, 6.07) is 0. The first-order valence-corrected chi connectivity index (χ1v) is 7.13. The highest BCUT2D eigenvalue weighted by atomic mass is 32.2. The molecule has 0 aromatic carbocycles. The van der Waals surface area contributed by atoms with Crippen LogP contribution >= 0.6 is 11.8 Å². The maximum Gasteiger partial charge on any atom is 0.145 e. The molecule has 0 bridgehead atoms. The van der Waals surface area contributed by atoms with Gasteiger partial charge in [0.2, 0.25) is 0 Å². The van der Waals surface area contributed by atoms with Gasteiger partial charge in [0.05, 0.1) is 5.75 Å². The average molecular weight is 228 g/mol. The van der Waals surface area contributed by atoms with E-state index >= 15 is 0 Å². The minimum atomic E-state index is 0.299. The summed E-state index contributed by atoms with van der Waals surface area (Å²) in [4.78, 5) is 11.9. The Morgan fingerprint density at radius 3 is 2.47 bits per heavy atom. The van der Waals surface area contributed by atoms with Crippen LogP contribution in [0, 0.1) is 5.92 Å². The van der Waals surface area contributed by atoms with Crippen LogP contribution in [-0.2, 0) is 9.53 Å². The van der Waals surface area contributed by atoms with Gasteiger partial charge in [-0.3, -0.25) is 4.79 Å². The lowest BCUT2D eigenvalue weighted by molar-refractivity contribution is -0.123. The second-order valence-corrected chi connectivity index (χ2v) is 5.86. The predicted octanol–water partition coefficient (Wildman–Crippen LogP) is 2.66. The highest BCUT2D eigenvalue weighted by Crippen LogP contribution is 2.30. The Morgan fingerprint density at radius 1 is 1.13 bits per heavy atom. The molecule has 0 atom stereocenters. The van der Waals surface area contributed by atoms with Crippen LogP contribution in [0.5, 0.6) is 0 Å². The van der Waals surface area contributed by atoms with Crippen LogP contribution in [0.15, 0.2) is 0 Å². The van der Waals surface area contributed by atoms with Gasteiger partial charge in [0.1, 0.15) is 5.78 Å². The van der Waals surface area contributed by atoms with Crippen molar-refractivity contribution in [1.82, 2.24) is 0 Å². The Kier molecular flexibility index (Phi) is 4.51. The van der Waals surface area contributed by atoms with E-state index in [9.17, 15) is 4.79 Å². The van der Waals surface area contributed by atoms with E-state index in [1.165, 1.54) is 25.7 Å². The highest BCUT2D eigenvalue weighted by molar-refractivity contribution is 8.00. The van der Waals surface area contributed by atoms with E-state index in [2.05, 4.69) is 0 Å². The fourth-order valence-electron chi connectivity index (χ4n) is 2.39. The van der Waals surface area contributed by atoms with Crippen LogP contribution in [0.3, 0.4) is 0 Å². The number of carbonyl (C=O) groups excluding carboxylic acids is 1. The third-order valence-electron chi connectivity index (χ3n) is 3.44. The monoisotopic (exact) mass is 228 g/mol. The molecular weight excluding hydrogens is 208 g/mol. The van der Waals surface area contributed by atoms with E-state index in [-0.39, 0.29) is 0 Å². The van der Waals surface area contributed by atoms with Crippen molar-refractivity contribution < 1.29 is 9.53 Å². The molecule has 0 radical (unpaired) electrons. The summed E-state index contributed by atoms with van der Waals surface area (Å²) in [5.74, 6) is 1.51. The number of thioether (sulfide) groups is 1. The SMILES string of the molecule is O=C(CSC1CCCC1)C1CCOCC1. The van der Waals surface area contributed by atoms with Gasteiger partial charge in [0.25, 0.3) is 0 Å². The van der Waals surface area contributed by atoms with Crippen molar-refractivity contribution in [2.24, 2.45) is 5.92 Å². The van der Waals surface area contributed by atoms with Crippen molar-refractivity contribution in [1.29, 1.82) is 0 Å². The zero-order valence-corrected chi connectivity index (χ0v) is 10.1. The number of hydrogen-bond acceptors (Lipinski definition) is 3. The Hall–Kier alpha value is -0.0200. The van der Waals surface area contributed by atoms with Crippen molar-refractivity contribution in [3.05, 3.63) is 0 Å². The smallest absolute Gasteiger partial charge is 0.145 e. The van der Waals surface area contributed by atoms with Gasteiger partial charge in [0.15, 0.2) is 0 Å². The fourth-order valence-corrected chi connectivity index (χ4v) is 3.69. The summed E-state index contributed by atoms with van der Waals surface area (Å²) in [6.07, 6.45) is 7.28. The van der Waals surface area contributed by atoms with Gasteiger partial charge >= 0.3 is 0 Å². The predicted molar refractivity (Wildman–Crippen MR) is 63.3 cm³/mol. The molecule has 1 heterocycles. The normalized spacial score (nSPS) is 24.5. The van der Waals surface area contributed by atoms with Crippen molar-refractivity contribution in [3.63, 3.8) is 0 Å². The Balaban J connectivity index is 1.66. The van der Waals surface area contributed by atoms with E-state index in [1.54, 1.807) is 0 Å². The van der Waals surface area contributed by atoms with Crippen molar-refractivity contribution >= 4 is 17.5 Å². The van der Waals surface area contributed by atoms with E-state index in [0.29, 0.717) is 11.7 Å². The van der Waals surface area contributed by atoms with E-state index in [0.717, 1.165) is 37.1 Å². The summed E-state index contributed by atoms with van der Waals surface area (Å²) in [6.45, 7) is 1.56. The molecule has 2 nitrogen and oxygen atoms in total. The summed E-state index contributed by atoms with van der Waals surface area (Å²) in [5, 5.41) is 0.772. The zero-order chi connectivity index (χ0) is 10.5. The third kappa shape index (κ3) is 3.49. The largest absolute Gasteiger partial charge is 0.381 e. The van der Waals surface area contributed by atoms with Gasteiger partial charge < -0.3 is 4.74 Å². The average Bonchev–Trinajstić information content (AvgIpc) is 2.80. The van der Waals surface area contributed by atoms with Crippen LogP contribution < -0.4 is 0 Å². The minimum absolute atomic E-state index is 0.299. The second-order valence-electron chi connectivity index (χ2n) is 4.57. The molecule has 86 valence electrons. The Labute approximate surface area is 96.1 Å². The molecule has 1 aliphatic heterocycles. The van der Waals surface area contributed by atoms with Gasteiger partial charge in [-0.1, -0.05) is 12.8 Å². The topological polar surface area (TPSA) is 26.3 Å². The first kappa shape index (κ1) is 11.5. The highest BCUT2D eigenvalue weighted by Gasteiger charge is 2.23. The molecule has 0 amide bonds. The molecule has 2 rings (SSSR count). The molecule has 2 aliphatic rings. The number of rotatable bonds is 4. The first-order chi connectivity index (χ1) is 7.36.